The Morgan fingerprint density at radius 2 is 2.18 bits per heavy atom. The summed E-state index contributed by atoms with van der Waals surface area (Å²) in [6, 6.07) is 1.94. The number of anilines is 1. The Labute approximate surface area is 114 Å². The smallest absolute Gasteiger partial charge is 0.228 e. The van der Waals surface area contributed by atoms with E-state index >= 15 is 0 Å². The number of nitrogens with two attached hydrogens (primary N) is 1. The zero-order valence-electron chi connectivity index (χ0n) is 9.62. The molecular formula is C12H17BrN2OS. The van der Waals surface area contributed by atoms with Crippen LogP contribution in [-0.2, 0) is 4.79 Å². The van der Waals surface area contributed by atoms with Crippen LogP contribution in [0.15, 0.2) is 15.9 Å². The van der Waals surface area contributed by atoms with Crippen molar-refractivity contribution in [1.82, 2.24) is 0 Å². The Hall–Kier alpha value is -0.390. The van der Waals surface area contributed by atoms with E-state index in [0.717, 1.165) is 41.7 Å². The summed E-state index contributed by atoms with van der Waals surface area (Å²) in [6.07, 6.45) is 4.12. The molecule has 1 fully saturated rings. The van der Waals surface area contributed by atoms with E-state index in [1.54, 1.807) is 11.3 Å². The van der Waals surface area contributed by atoms with Gasteiger partial charge >= 0.3 is 0 Å². The maximum atomic E-state index is 12.0. The van der Waals surface area contributed by atoms with Crippen molar-refractivity contribution in [2.45, 2.75) is 25.7 Å². The summed E-state index contributed by atoms with van der Waals surface area (Å²) >= 11 is 4.93. The number of carbonyl (C=O) groups excluding carboxylic acids is 1. The average molecular weight is 317 g/mol. The largest absolute Gasteiger partial charge is 0.330 e. The summed E-state index contributed by atoms with van der Waals surface area (Å²) in [5.74, 6) is 0.948. The van der Waals surface area contributed by atoms with Crippen LogP contribution in [-0.4, -0.2) is 12.5 Å². The summed E-state index contributed by atoms with van der Waals surface area (Å²) < 4.78 is 1.02. The highest BCUT2D eigenvalue weighted by molar-refractivity contribution is 9.10. The van der Waals surface area contributed by atoms with Gasteiger partial charge in [0.2, 0.25) is 5.91 Å². The summed E-state index contributed by atoms with van der Waals surface area (Å²) in [5, 5.41) is 5.88. The number of hydrogen-bond donors (Lipinski definition) is 2. The van der Waals surface area contributed by atoms with Gasteiger partial charge in [-0.2, -0.15) is 0 Å². The molecule has 0 bridgehead atoms. The van der Waals surface area contributed by atoms with Crippen LogP contribution in [0.1, 0.15) is 25.7 Å². The summed E-state index contributed by atoms with van der Waals surface area (Å²) in [5.41, 5.74) is 5.65. The van der Waals surface area contributed by atoms with Crippen molar-refractivity contribution < 1.29 is 4.79 Å². The monoisotopic (exact) mass is 316 g/mol. The van der Waals surface area contributed by atoms with E-state index in [0.29, 0.717) is 5.92 Å². The zero-order valence-corrected chi connectivity index (χ0v) is 12.0. The molecule has 0 aromatic carbocycles. The van der Waals surface area contributed by atoms with Crippen molar-refractivity contribution in [3.05, 3.63) is 15.9 Å². The Balaban J connectivity index is 1.85. The standard InChI is InChI=1S/C12H17BrN2OS/c13-10-5-11(17-7-10)15-12(16)9-3-1-8(6-14)2-4-9/h5,7-9H,1-4,6,14H2,(H,15,16). The lowest BCUT2D eigenvalue weighted by atomic mass is 9.81. The lowest BCUT2D eigenvalue weighted by molar-refractivity contribution is -0.121. The predicted molar refractivity (Wildman–Crippen MR) is 75.2 cm³/mol. The van der Waals surface area contributed by atoms with Crippen LogP contribution < -0.4 is 11.1 Å². The molecule has 5 heteroatoms. The van der Waals surface area contributed by atoms with Gasteiger partial charge < -0.3 is 11.1 Å². The van der Waals surface area contributed by atoms with Crippen LogP contribution in [0, 0.1) is 11.8 Å². The zero-order chi connectivity index (χ0) is 12.3. The lowest BCUT2D eigenvalue weighted by Crippen LogP contribution is -2.29. The molecule has 0 atom stereocenters. The van der Waals surface area contributed by atoms with Gasteiger partial charge in [-0.1, -0.05) is 0 Å². The van der Waals surface area contributed by atoms with Crippen molar-refractivity contribution in [2.24, 2.45) is 17.6 Å². The number of nitrogens with one attached hydrogen (secondary N) is 1. The molecule has 0 aliphatic heterocycles. The molecule has 94 valence electrons. The van der Waals surface area contributed by atoms with Crippen LogP contribution >= 0.6 is 27.3 Å². The molecule has 2 rings (SSSR count). The van der Waals surface area contributed by atoms with Gasteiger partial charge in [0, 0.05) is 15.8 Å². The fourth-order valence-corrected chi connectivity index (χ4v) is 3.59. The minimum absolute atomic E-state index is 0.162. The number of carbonyl (C=O) groups is 1. The third kappa shape index (κ3) is 3.53. The second-order valence-electron chi connectivity index (χ2n) is 4.57. The number of hydrogen-bond acceptors (Lipinski definition) is 3. The van der Waals surface area contributed by atoms with Gasteiger partial charge in [-0.05, 0) is 60.1 Å². The molecule has 1 aromatic rings. The van der Waals surface area contributed by atoms with Crippen LogP contribution in [0.4, 0.5) is 5.00 Å². The molecule has 1 aliphatic rings. The molecule has 1 aromatic heterocycles. The number of rotatable bonds is 3. The molecular weight excluding hydrogens is 300 g/mol. The summed E-state index contributed by atoms with van der Waals surface area (Å²) in [6.45, 7) is 0.756. The Morgan fingerprint density at radius 3 is 2.71 bits per heavy atom. The second kappa shape index (κ2) is 5.98. The SMILES string of the molecule is NCC1CCC(C(=O)Nc2cc(Br)cs2)CC1. The molecule has 1 heterocycles. The van der Waals surface area contributed by atoms with Gasteiger partial charge in [-0.25, -0.2) is 0 Å². The quantitative estimate of drug-likeness (QED) is 0.899. The molecule has 3 nitrogen and oxygen atoms in total. The Morgan fingerprint density at radius 1 is 1.47 bits per heavy atom. The molecule has 3 N–H and O–H groups in total. The molecule has 0 spiro atoms. The third-order valence-corrected chi connectivity index (χ3v) is 4.97. The highest BCUT2D eigenvalue weighted by Crippen LogP contribution is 2.30. The highest BCUT2D eigenvalue weighted by atomic mass is 79.9. The van der Waals surface area contributed by atoms with Crippen molar-refractivity contribution in [2.75, 3.05) is 11.9 Å². The average Bonchev–Trinajstić information content (AvgIpc) is 2.75. The minimum Gasteiger partial charge on any atom is -0.330 e. The third-order valence-electron chi connectivity index (χ3n) is 3.36. The van der Waals surface area contributed by atoms with Crippen molar-refractivity contribution >= 4 is 38.2 Å². The van der Waals surface area contributed by atoms with Gasteiger partial charge in [0.05, 0.1) is 5.00 Å². The molecule has 0 saturated heterocycles. The minimum atomic E-state index is 0.162. The van der Waals surface area contributed by atoms with Crippen molar-refractivity contribution in [1.29, 1.82) is 0 Å². The first-order chi connectivity index (χ1) is 8.19. The Kier molecular flexibility index (Phi) is 4.59. The number of halogens is 1. The highest BCUT2D eigenvalue weighted by Gasteiger charge is 2.25. The topological polar surface area (TPSA) is 55.1 Å². The van der Waals surface area contributed by atoms with E-state index in [9.17, 15) is 4.79 Å². The molecule has 0 radical (unpaired) electrons. The van der Waals surface area contributed by atoms with E-state index < -0.39 is 0 Å². The normalized spacial score (nSPS) is 24.6. The van der Waals surface area contributed by atoms with Crippen LogP contribution in [0.5, 0.6) is 0 Å². The van der Waals surface area contributed by atoms with E-state index in [1.165, 1.54) is 0 Å². The fraction of sp³-hybridized carbons (Fsp3) is 0.583. The fourth-order valence-electron chi connectivity index (χ4n) is 2.26. The summed E-state index contributed by atoms with van der Waals surface area (Å²) in [7, 11) is 0. The first-order valence-corrected chi connectivity index (χ1v) is 7.61. The predicted octanol–water partition coefficient (Wildman–Crippen LogP) is 3.21. The van der Waals surface area contributed by atoms with Gasteiger partial charge in [0.15, 0.2) is 0 Å². The lowest BCUT2D eigenvalue weighted by Gasteiger charge is -2.26. The van der Waals surface area contributed by atoms with Gasteiger partial charge in [0.25, 0.3) is 0 Å². The van der Waals surface area contributed by atoms with Crippen LogP contribution in [0.3, 0.4) is 0 Å². The molecule has 0 unspecified atom stereocenters. The van der Waals surface area contributed by atoms with E-state index in [2.05, 4.69) is 21.2 Å². The van der Waals surface area contributed by atoms with E-state index in [-0.39, 0.29) is 11.8 Å². The molecule has 17 heavy (non-hydrogen) atoms. The number of amides is 1. The van der Waals surface area contributed by atoms with Crippen LogP contribution in [0.2, 0.25) is 0 Å². The molecule has 1 amide bonds. The van der Waals surface area contributed by atoms with Gasteiger partial charge in [-0.15, -0.1) is 11.3 Å². The molecule has 1 saturated carbocycles. The van der Waals surface area contributed by atoms with E-state index in [4.69, 9.17) is 5.73 Å². The first-order valence-electron chi connectivity index (χ1n) is 5.94. The van der Waals surface area contributed by atoms with Crippen molar-refractivity contribution in [3.8, 4) is 0 Å². The van der Waals surface area contributed by atoms with Gasteiger partial charge in [-0.3, -0.25) is 4.79 Å². The van der Waals surface area contributed by atoms with Gasteiger partial charge in [0.1, 0.15) is 0 Å². The molecule has 1 aliphatic carbocycles. The van der Waals surface area contributed by atoms with E-state index in [1.807, 2.05) is 11.4 Å². The summed E-state index contributed by atoms with van der Waals surface area (Å²) in [4.78, 5) is 12.0. The number of thiophene rings is 1. The first kappa shape index (κ1) is 13.1. The maximum Gasteiger partial charge on any atom is 0.228 e. The van der Waals surface area contributed by atoms with Crippen molar-refractivity contribution in [3.63, 3.8) is 0 Å². The second-order valence-corrected chi connectivity index (χ2v) is 6.40. The Bertz CT molecular complexity index is 386. The maximum absolute atomic E-state index is 12.0. The van der Waals surface area contributed by atoms with Crippen LogP contribution in [0.25, 0.3) is 0 Å².